The van der Waals surface area contributed by atoms with Gasteiger partial charge in [-0.15, -0.1) is 0 Å². The molecule has 0 aromatic rings. The third-order valence-electron chi connectivity index (χ3n) is 4.76. The predicted molar refractivity (Wildman–Crippen MR) is 74.2 cm³/mol. The lowest BCUT2D eigenvalue weighted by Crippen LogP contribution is -2.35. The lowest BCUT2D eigenvalue weighted by molar-refractivity contribution is -0.132. The van der Waals surface area contributed by atoms with Gasteiger partial charge in [-0.25, -0.2) is 0 Å². The largest absolute Gasteiger partial charge is 0.340 e. The maximum atomic E-state index is 12.2. The number of carbonyl (C=O) groups is 1. The van der Waals surface area contributed by atoms with E-state index in [9.17, 15) is 4.79 Å². The highest BCUT2D eigenvalue weighted by Crippen LogP contribution is 2.28. The monoisotopic (exact) mass is 252 g/mol. The fraction of sp³-hybridized carbons (Fsp3) is 0.933. The Kier molecular flexibility index (Phi) is 5.04. The number of amides is 1. The van der Waals surface area contributed by atoms with Crippen LogP contribution in [0, 0.1) is 5.92 Å². The molecule has 3 atom stereocenters. The molecule has 0 aromatic heterocycles. The fourth-order valence-electron chi connectivity index (χ4n) is 3.65. The summed E-state index contributed by atoms with van der Waals surface area (Å²) >= 11 is 0. The van der Waals surface area contributed by atoms with Crippen molar-refractivity contribution in [2.24, 2.45) is 11.7 Å². The van der Waals surface area contributed by atoms with Crippen molar-refractivity contribution in [1.29, 1.82) is 0 Å². The van der Waals surface area contributed by atoms with Gasteiger partial charge in [-0.3, -0.25) is 4.79 Å². The van der Waals surface area contributed by atoms with Crippen LogP contribution < -0.4 is 5.73 Å². The smallest absolute Gasteiger partial charge is 0.222 e. The van der Waals surface area contributed by atoms with Gasteiger partial charge < -0.3 is 10.6 Å². The number of hydrogen-bond donors (Lipinski definition) is 1. The number of likely N-dealkylation sites (tertiary alicyclic amines) is 1. The number of hydrogen-bond acceptors (Lipinski definition) is 2. The summed E-state index contributed by atoms with van der Waals surface area (Å²) in [6.45, 7) is 3.18. The van der Waals surface area contributed by atoms with Crippen molar-refractivity contribution in [3.63, 3.8) is 0 Å². The Bertz CT molecular complexity index is 280. The molecular weight excluding hydrogens is 224 g/mol. The third-order valence-corrected chi connectivity index (χ3v) is 4.76. The van der Waals surface area contributed by atoms with Crippen molar-refractivity contribution in [1.82, 2.24) is 4.90 Å². The Morgan fingerprint density at radius 2 is 2.11 bits per heavy atom. The van der Waals surface area contributed by atoms with Crippen molar-refractivity contribution < 1.29 is 4.79 Å². The normalized spacial score (nSPS) is 32.8. The highest BCUT2D eigenvalue weighted by Gasteiger charge is 2.28. The van der Waals surface area contributed by atoms with E-state index in [2.05, 4.69) is 11.8 Å². The molecule has 1 aliphatic carbocycles. The summed E-state index contributed by atoms with van der Waals surface area (Å²) in [5.74, 6) is 1.08. The number of carbonyl (C=O) groups excluding carboxylic acids is 1. The standard InChI is InChI=1S/C15H28N2O/c1-2-14-7-4-10-17(14)15(18)9-8-12-5-3-6-13(16)11-12/h12-14H,2-11,16H2,1H3. The van der Waals surface area contributed by atoms with Crippen LogP contribution in [0.15, 0.2) is 0 Å². The molecule has 2 rings (SSSR count). The number of nitrogens with two attached hydrogens (primary N) is 1. The Balaban J connectivity index is 1.74. The summed E-state index contributed by atoms with van der Waals surface area (Å²) in [6, 6.07) is 0.903. The molecule has 18 heavy (non-hydrogen) atoms. The van der Waals surface area contributed by atoms with Crippen LogP contribution in [-0.2, 0) is 4.79 Å². The molecule has 1 aliphatic heterocycles. The predicted octanol–water partition coefficient (Wildman–Crippen LogP) is 2.69. The van der Waals surface area contributed by atoms with Crippen LogP contribution in [0.5, 0.6) is 0 Å². The number of rotatable bonds is 4. The molecule has 2 N–H and O–H groups in total. The van der Waals surface area contributed by atoms with Gasteiger partial charge in [-0.2, -0.15) is 0 Å². The third kappa shape index (κ3) is 3.47. The van der Waals surface area contributed by atoms with Crippen LogP contribution in [0.3, 0.4) is 0 Å². The first-order chi connectivity index (χ1) is 8.70. The van der Waals surface area contributed by atoms with Crippen molar-refractivity contribution in [3.8, 4) is 0 Å². The van der Waals surface area contributed by atoms with Gasteiger partial charge >= 0.3 is 0 Å². The van der Waals surface area contributed by atoms with E-state index < -0.39 is 0 Å². The summed E-state index contributed by atoms with van der Waals surface area (Å²) in [4.78, 5) is 14.4. The zero-order valence-electron chi connectivity index (χ0n) is 11.7. The molecule has 2 fully saturated rings. The van der Waals surface area contributed by atoms with Crippen molar-refractivity contribution in [2.75, 3.05) is 6.54 Å². The minimum atomic E-state index is 0.383. The van der Waals surface area contributed by atoms with Gasteiger partial charge in [0.1, 0.15) is 0 Å². The molecule has 1 saturated heterocycles. The number of nitrogens with zero attached hydrogens (tertiary/aromatic N) is 1. The molecule has 104 valence electrons. The topological polar surface area (TPSA) is 46.3 Å². The minimum Gasteiger partial charge on any atom is -0.340 e. The van der Waals surface area contributed by atoms with E-state index in [0.717, 1.165) is 32.2 Å². The van der Waals surface area contributed by atoms with Gasteiger partial charge in [0.15, 0.2) is 0 Å². The van der Waals surface area contributed by atoms with Crippen LogP contribution in [0.4, 0.5) is 0 Å². The second kappa shape index (κ2) is 6.55. The van der Waals surface area contributed by atoms with Gasteiger partial charge in [0, 0.05) is 25.0 Å². The first kappa shape index (κ1) is 13.9. The lowest BCUT2D eigenvalue weighted by atomic mass is 9.83. The first-order valence-corrected chi connectivity index (χ1v) is 7.75. The van der Waals surface area contributed by atoms with Crippen LogP contribution >= 0.6 is 0 Å². The average Bonchev–Trinajstić information content (AvgIpc) is 2.84. The molecule has 0 spiro atoms. The summed E-state index contributed by atoms with van der Waals surface area (Å²) in [7, 11) is 0. The van der Waals surface area contributed by atoms with E-state index in [0.29, 0.717) is 23.9 Å². The molecule has 3 nitrogen and oxygen atoms in total. The average molecular weight is 252 g/mol. The molecule has 0 aromatic carbocycles. The van der Waals surface area contributed by atoms with Crippen LogP contribution in [0.2, 0.25) is 0 Å². The zero-order chi connectivity index (χ0) is 13.0. The van der Waals surface area contributed by atoms with Crippen LogP contribution in [0.25, 0.3) is 0 Å². The minimum absolute atomic E-state index is 0.383. The summed E-state index contributed by atoms with van der Waals surface area (Å²) in [5, 5.41) is 0. The van der Waals surface area contributed by atoms with Gasteiger partial charge in [-0.1, -0.05) is 19.8 Å². The zero-order valence-corrected chi connectivity index (χ0v) is 11.7. The Hall–Kier alpha value is -0.570. The molecule has 0 radical (unpaired) electrons. The lowest BCUT2D eigenvalue weighted by Gasteiger charge is -2.28. The van der Waals surface area contributed by atoms with E-state index in [-0.39, 0.29) is 0 Å². The van der Waals surface area contributed by atoms with Crippen LogP contribution in [-0.4, -0.2) is 29.4 Å². The highest BCUT2D eigenvalue weighted by atomic mass is 16.2. The Morgan fingerprint density at radius 3 is 2.83 bits per heavy atom. The highest BCUT2D eigenvalue weighted by molar-refractivity contribution is 5.76. The molecule has 1 amide bonds. The Labute approximate surface area is 111 Å². The first-order valence-electron chi connectivity index (χ1n) is 7.75. The van der Waals surface area contributed by atoms with E-state index in [1.165, 1.54) is 32.1 Å². The van der Waals surface area contributed by atoms with Gasteiger partial charge in [0.05, 0.1) is 0 Å². The Morgan fingerprint density at radius 1 is 1.28 bits per heavy atom. The van der Waals surface area contributed by atoms with Crippen molar-refractivity contribution >= 4 is 5.91 Å². The van der Waals surface area contributed by atoms with E-state index >= 15 is 0 Å². The molecule has 1 saturated carbocycles. The molecule has 3 heteroatoms. The molecule has 1 heterocycles. The molecule has 0 bridgehead atoms. The molecule has 2 aliphatic rings. The van der Waals surface area contributed by atoms with E-state index in [1.807, 2.05) is 0 Å². The quantitative estimate of drug-likeness (QED) is 0.836. The molecule has 3 unspecified atom stereocenters. The SMILES string of the molecule is CCC1CCCN1C(=O)CCC1CCCC(N)C1. The molecular formula is C15H28N2O. The van der Waals surface area contributed by atoms with Crippen molar-refractivity contribution in [2.45, 2.75) is 76.8 Å². The second-order valence-corrected chi connectivity index (χ2v) is 6.12. The van der Waals surface area contributed by atoms with Crippen LogP contribution in [0.1, 0.15) is 64.7 Å². The summed E-state index contributed by atoms with van der Waals surface area (Å²) in [6.07, 6.45) is 10.1. The van der Waals surface area contributed by atoms with E-state index in [4.69, 9.17) is 5.73 Å². The van der Waals surface area contributed by atoms with Crippen molar-refractivity contribution in [3.05, 3.63) is 0 Å². The maximum absolute atomic E-state index is 12.2. The second-order valence-electron chi connectivity index (χ2n) is 6.12. The van der Waals surface area contributed by atoms with Gasteiger partial charge in [0.25, 0.3) is 0 Å². The van der Waals surface area contributed by atoms with Gasteiger partial charge in [-0.05, 0) is 44.4 Å². The van der Waals surface area contributed by atoms with E-state index in [1.54, 1.807) is 0 Å². The van der Waals surface area contributed by atoms with Gasteiger partial charge in [0.2, 0.25) is 5.91 Å². The summed E-state index contributed by atoms with van der Waals surface area (Å²) < 4.78 is 0. The fourth-order valence-corrected chi connectivity index (χ4v) is 3.65. The maximum Gasteiger partial charge on any atom is 0.222 e. The summed E-state index contributed by atoms with van der Waals surface area (Å²) in [5.41, 5.74) is 6.00.